The molecule has 8 nitrogen and oxygen atoms in total. The second kappa shape index (κ2) is 11.0. The van der Waals surface area contributed by atoms with E-state index in [9.17, 15) is 14.4 Å². The molecule has 3 amide bonds. The molecule has 0 saturated heterocycles. The van der Waals surface area contributed by atoms with Crippen molar-refractivity contribution in [2.45, 2.75) is 19.8 Å². The maximum absolute atomic E-state index is 11.3. The summed E-state index contributed by atoms with van der Waals surface area (Å²) in [6, 6.07) is -0.410. The molecule has 0 aliphatic carbocycles. The first-order chi connectivity index (χ1) is 9.47. The summed E-state index contributed by atoms with van der Waals surface area (Å²) in [5, 5.41) is 16.3. The largest absolute Gasteiger partial charge is 0.481 e. The van der Waals surface area contributed by atoms with Gasteiger partial charge < -0.3 is 25.8 Å². The van der Waals surface area contributed by atoms with Gasteiger partial charge in [0.25, 0.3) is 0 Å². The maximum Gasteiger partial charge on any atom is 0.314 e. The number of nitrogens with one attached hydrogen (secondary N) is 3. The Morgan fingerprint density at radius 2 is 1.75 bits per heavy atom. The average molecular weight is 289 g/mol. The van der Waals surface area contributed by atoms with Gasteiger partial charge in [-0.05, 0) is 6.42 Å². The molecule has 8 heteroatoms. The van der Waals surface area contributed by atoms with Crippen molar-refractivity contribution < 1.29 is 24.2 Å². The minimum Gasteiger partial charge on any atom is -0.481 e. The summed E-state index contributed by atoms with van der Waals surface area (Å²) in [4.78, 5) is 33.1. The van der Waals surface area contributed by atoms with Gasteiger partial charge in [-0.3, -0.25) is 9.59 Å². The number of carboxylic acid groups (broad SMARTS) is 1. The smallest absolute Gasteiger partial charge is 0.314 e. The first kappa shape index (κ1) is 18.2. The standard InChI is InChI=1S/C12H23N3O5/c1-9(11(17)18)3-5-14-12(19)15-6-4-10(16)13-7-8-20-2/h9H,3-8H2,1-2H3,(H,13,16)(H,17,18)(H2,14,15,19). The van der Waals surface area contributed by atoms with Crippen molar-refractivity contribution in [1.82, 2.24) is 16.0 Å². The molecule has 0 bridgehead atoms. The SMILES string of the molecule is COCCNC(=O)CCNC(=O)NCCC(C)C(=O)O. The molecule has 4 N–H and O–H groups in total. The average Bonchev–Trinajstić information content (AvgIpc) is 2.38. The van der Waals surface area contributed by atoms with Crippen LogP contribution in [0.25, 0.3) is 0 Å². The van der Waals surface area contributed by atoms with Gasteiger partial charge >= 0.3 is 12.0 Å². The maximum atomic E-state index is 11.3. The molecule has 0 spiro atoms. The summed E-state index contributed by atoms with van der Waals surface area (Å²) in [5.74, 6) is -1.55. The Bertz CT molecular complexity index is 322. The number of hydrogen-bond acceptors (Lipinski definition) is 4. The van der Waals surface area contributed by atoms with Gasteiger partial charge in [-0.15, -0.1) is 0 Å². The van der Waals surface area contributed by atoms with E-state index in [0.717, 1.165) is 0 Å². The lowest BCUT2D eigenvalue weighted by atomic mass is 10.1. The molecule has 1 atom stereocenters. The number of rotatable bonds is 10. The molecule has 0 aliphatic heterocycles. The van der Waals surface area contributed by atoms with Crippen molar-refractivity contribution in [3.63, 3.8) is 0 Å². The number of ether oxygens (including phenoxy) is 1. The van der Waals surface area contributed by atoms with Crippen molar-refractivity contribution >= 4 is 17.9 Å². The van der Waals surface area contributed by atoms with E-state index in [-0.39, 0.29) is 25.4 Å². The van der Waals surface area contributed by atoms with Crippen LogP contribution in [-0.2, 0) is 14.3 Å². The summed E-state index contributed by atoms with van der Waals surface area (Å²) in [6.07, 6.45) is 0.545. The fraction of sp³-hybridized carbons (Fsp3) is 0.750. The fourth-order valence-electron chi connectivity index (χ4n) is 1.26. The zero-order valence-corrected chi connectivity index (χ0v) is 11.9. The van der Waals surface area contributed by atoms with E-state index < -0.39 is 17.9 Å². The van der Waals surface area contributed by atoms with E-state index in [0.29, 0.717) is 19.6 Å². The molecular weight excluding hydrogens is 266 g/mol. The Morgan fingerprint density at radius 1 is 1.10 bits per heavy atom. The van der Waals surface area contributed by atoms with Gasteiger partial charge in [0, 0.05) is 33.2 Å². The topological polar surface area (TPSA) is 117 Å². The minimum atomic E-state index is -0.889. The van der Waals surface area contributed by atoms with Crippen molar-refractivity contribution in [2.75, 3.05) is 33.4 Å². The second-order valence-electron chi connectivity index (χ2n) is 4.30. The quantitative estimate of drug-likeness (QED) is 0.406. The van der Waals surface area contributed by atoms with Crippen LogP contribution < -0.4 is 16.0 Å². The molecule has 0 aliphatic rings. The summed E-state index contributed by atoms with van der Waals surface area (Å²) in [6.45, 7) is 2.96. The molecule has 0 radical (unpaired) electrons. The van der Waals surface area contributed by atoms with Gasteiger partial charge in [-0.25, -0.2) is 4.79 Å². The first-order valence-electron chi connectivity index (χ1n) is 6.47. The first-order valence-corrected chi connectivity index (χ1v) is 6.47. The molecule has 0 aromatic carbocycles. The Kier molecular flexibility index (Phi) is 10.0. The lowest BCUT2D eigenvalue weighted by Crippen LogP contribution is -2.39. The van der Waals surface area contributed by atoms with Crippen molar-refractivity contribution in [3.8, 4) is 0 Å². The number of amides is 3. The van der Waals surface area contributed by atoms with Crippen molar-refractivity contribution in [2.24, 2.45) is 5.92 Å². The number of aliphatic carboxylic acids is 1. The summed E-state index contributed by atoms with van der Waals surface area (Å²) >= 11 is 0. The normalized spacial score (nSPS) is 11.5. The Hall–Kier alpha value is -1.83. The highest BCUT2D eigenvalue weighted by Crippen LogP contribution is 1.99. The Balaban J connectivity index is 3.54. The zero-order valence-electron chi connectivity index (χ0n) is 11.9. The number of methoxy groups -OCH3 is 1. The van der Waals surface area contributed by atoms with Crippen LogP contribution in [0.15, 0.2) is 0 Å². The van der Waals surface area contributed by atoms with E-state index in [1.165, 1.54) is 0 Å². The Labute approximate surface area is 118 Å². The van der Waals surface area contributed by atoms with Crippen LogP contribution in [0.3, 0.4) is 0 Å². The number of hydrogen-bond donors (Lipinski definition) is 4. The molecule has 0 rings (SSSR count). The lowest BCUT2D eigenvalue weighted by molar-refractivity contribution is -0.141. The molecule has 116 valence electrons. The Morgan fingerprint density at radius 3 is 2.35 bits per heavy atom. The number of carboxylic acids is 1. The second-order valence-corrected chi connectivity index (χ2v) is 4.30. The van der Waals surface area contributed by atoms with Crippen LogP contribution in [0.4, 0.5) is 4.79 Å². The fourth-order valence-corrected chi connectivity index (χ4v) is 1.26. The van der Waals surface area contributed by atoms with Crippen LogP contribution in [0, 0.1) is 5.92 Å². The molecule has 0 fully saturated rings. The van der Waals surface area contributed by atoms with Crippen molar-refractivity contribution in [1.29, 1.82) is 0 Å². The highest BCUT2D eigenvalue weighted by Gasteiger charge is 2.10. The highest BCUT2D eigenvalue weighted by atomic mass is 16.5. The van der Waals surface area contributed by atoms with Crippen LogP contribution in [0.5, 0.6) is 0 Å². The van der Waals surface area contributed by atoms with E-state index in [4.69, 9.17) is 9.84 Å². The third kappa shape index (κ3) is 10.1. The molecular formula is C12H23N3O5. The van der Waals surface area contributed by atoms with E-state index >= 15 is 0 Å². The zero-order chi connectivity index (χ0) is 15.4. The lowest BCUT2D eigenvalue weighted by Gasteiger charge is -2.09. The van der Waals surface area contributed by atoms with Crippen LogP contribution in [0.2, 0.25) is 0 Å². The molecule has 0 aromatic rings. The molecule has 0 heterocycles. The van der Waals surface area contributed by atoms with Gasteiger partial charge in [0.05, 0.1) is 12.5 Å². The summed E-state index contributed by atoms with van der Waals surface area (Å²) < 4.78 is 4.78. The number of urea groups is 1. The van der Waals surface area contributed by atoms with Gasteiger partial charge in [0.1, 0.15) is 0 Å². The molecule has 0 aromatic heterocycles. The van der Waals surface area contributed by atoms with Gasteiger partial charge in [0.2, 0.25) is 5.91 Å². The van der Waals surface area contributed by atoms with Gasteiger partial charge in [-0.2, -0.15) is 0 Å². The number of carbonyl (C=O) groups excluding carboxylic acids is 2. The minimum absolute atomic E-state index is 0.165. The highest BCUT2D eigenvalue weighted by molar-refractivity contribution is 5.78. The number of carbonyl (C=O) groups is 3. The van der Waals surface area contributed by atoms with E-state index in [1.54, 1.807) is 14.0 Å². The van der Waals surface area contributed by atoms with E-state index in [2.05, 4.69) is 16.0 Å². The molecule has 0 saturated carbocycles. The van der Waals surface area contributed by atoms with Crippen LogP contribution in [-0.4, -0.2) is 56.4 Å². The van der Waals surface area contributed by atoms with Crippen LogP contribution in [0.1, 0.15) is 19.8 Å². The van der Waals surface area contributed by atoms with E-state index in [1.807, 2.05) is 0 Å². The monoisotopic (exact) mass is 289 g/mol. The van der Waals surface area contributed by atoms with Crippen molar-refractivity contribution in [3.05, 3.63) is 0 Å². The molecule has 1 unspecified atom stereocenters. The third-order valence-corrected chi connectivity index (χ3v) is 2.55. The summed E-state index contributed by atoms with van der Waals surface area (Å²) in [7, 11) is 1.54. The summed E-state index contributed by atoms with van der Waals surface area (Å²) in [5.41, 5.74) is 0. The predicted octanol–water partition coefficient (Wildman–Crippen LogP) is -0.451. The van der Waals surface area contributed by atoms with Gasteiger partial charge in [-0.1, -0.05) is 6.92 Å². The third-order valence-electron chi connectivity index (χ3n) is 2.55. The van der Waals surface area contributed by atoms with Gasteiger partial charge in [0.15, 0.2) is 0 Å². The predicted molar refractivity (Wildman–Crippen MR) is 72.3 cm³/mol. The molecule has 20 heavy (non-hydrogen) atoms. The van der Waals surface area contributed by atoms with Crippen LogP contribution >= 0.6 is 0 Å².